The number of aliphatic hydroxyl groups excluding tert-OH is 1. The molecule has 0 saturated heterocycles. The van der Waals surface area contributed by atoms with E-state index in [-0.39, 0.29) is 12.5 Å². The molecule has 4 heteroatoms. The molecule has 0 aliphatic carbocycles. The fraction of sp³-hybridized carbons (Fsp3) is 0.429. The van der Waals surface area contributed by atoms with Gasteiger partial charge in [-0.05, 0) is 31.0 Å². The molecule has 18 heavy (non-hydrogen) atoms. The number of hydrogen-bond acceptors (Lipinski definition) is 3. The molecule has 96 valence electrons. The second-order valence-electron chi connectivity index (χ2n) is 4.29. The number of carbonyl (C=O) groups is 1. The molecule has 2 N–H and O–H groups in total. The molecular weight excluding hydrogens is 228 g/mol. The fourth-order valence-electron chi connectivity index (χ4n) is 1.73. The minimum Gasteiger partial charge on any atom is -0.394 e. The lowest BCUT2D eigenvalue weighted by molar-refractivity contribution is 0.0818. The van der Waals surface area contributed by atoms with Crippen molar-refractivity contribution in [1.29, 1.82) is 5.26 Å². The first kappa shape index (κ1) is 14.2. The number of nitrogens with one attached hydrogen (secondary N) is 1. The lowest BCUT2D eigenvalue weighted by Gasteiger charge is -2.30. The third-order valence-electron chi connectivity index (χ3n) is 3.29. The van der Waals surface area contributed by atoms with Crippen molar-refractivity contribution in [1.82, 2.24) is 5.32 Å². The van der Waals surface area contributed by atoms with Crippen LogP contribution in [0.1, 0.15) is 42.6 Å². The first-order valence-electron chi connectivity index (χ1n) is 6.04. The van der Waals surface area contributed by atoms with Crippen molar-refractivity contribution in [3.8, 4) is 6.07 Å². The summed E-state index contributed by atoms with van der Waals surface area (Å²) in [5.74, 6) is -0.259. The van der Waals surface area contributed by atoms with Crippen LogP contribution in [-0.2, 0) is 0 Å². The SMILES string of the molecule is CCC(CC)(CO)NC(=O)c1cccc(C#N)c1. The van der Waals surface area contributed by atoms with Crippen LogP contribution >= 0.6 is 0 Å². The van der Waals surface area contributed by atoms with E-state index in [0.717, 1.165) is 0 Å². The maximum atomic E-state index is 12.1. The number of carbonyl (C=O) groups excluding carboxylic acids is 1. The second kappa shape index (κ2) is 6.18. The zero-order valence-corrected chi connectivity index (χ0v) is 10.7. The van der Waals surface area contributed by atoms with Crippen molar-refractivity contribution < 1.29 is 9.90 Å². The number of hydrogen-bond donors (Lipinski definition) is 2. The first-order chi connectivity index (χ1) is 8.60. The summed E-state index contributed by atoms with van der Waals surface area (Å²) in [6.07, 6.45) is 1.31. The Morgan fingerprint density at radius 3 is 2.61 bits per heavy atom. The van der Waals surface area contributed by atoms with Crippen LogP contribution in [0.2, 0.25) is 0 Å². The van der Waals surface area contributed by atoms with E-state index in [9.17, 15) is 9.90 Å². The smallest absolute Gasteiger partial charge is 0.251 e. The van der Waals surface area contributed by atoms with E-state index < -0.39 is 5.54 Å². The van der Waals surface area contributed by atoms with Gasteiger partial charge < -0.3 is 10.4 Å². The van der Waals surface area contributed by atoms with Gasteiger partial charge in [0.1, 0.15) is 0 Å². The molecule has 0 aliphatic rings. The zero-order valence-electron chi connectivity index (χ0n) is 10.7. The Balaban J connectivity index is 2.91. The second-order valence-corrected chi connectivity index (χ2v) is 4.29. The van der Waals surface area contributed by atoms with Crippen LogP contribution in [0.4, 0.5) is 0 Å². The monoisotopic (exact) mass is 246 g/mol. The Morgan fingerprint density at radius 1 is 1.44 bits per heavy atom. The molecule has 0 unspecified atom stereocenters. The molecule has 0 aromatic heterocycles. The zero-order chi connectivity index (χ0) is 13.6. The van der Waals surface area contributed by atoms with Gasteiger partial charge in [0, 0.05) is 5.56 Å². The summed E-state index contributed by atoms with van der Waals surface area (Å²) in [7, 11) is 0. The summed E-state index contributed by atoms with van der Waals surface area (Å²) in [4.78, 5) is 12.1. The Labute approximate surface area is 107 Å². The third-order valence-corrected chi connectivity index (χ3v) is 3.29. The molecule has 0 radical (unpaired) electrons. The van der Waals surface area contributed by atoms with E-state index >= 15 is 0 Å². The van der Waals surface area contributed by atoms with Crippen molar-refractivity contribution >= 4 is 5.91 Å². The van der Waals surface area contributed by atoms with E-state index in [4.69, 9.17) is 5.26 Å². The highest BCUT2D eigenvalue weighted by atomic mass is 16.3. The predicted octanol–water partition coefficient (Wildman–Crippen LogP) is 1.84. The van der Waals surface area contributed by atoms with Crippen molar-refractivity contribution in [3.63, 3.8) is 0 Å². The first-order valence-corrected chi connectivity index (χ1v) is 6.04. The number of nitriles is 1. The number of aliphatic hydroxyl groups is 1. The summed E-state index contributed by atoms with van der Waals surface area (Å²) in [5.41, 5.74) is 0.304. The topological polar surface area (TPSA) is 73.1 Å². The molecule has 0 spiro atoms. The number of rotatable bonds is 5. The summed E-state index contributed by atoms with van der Waals surface area (Å²) < 4.78 is 0. The van der Waals surface area contributed by atoms with Crippen molar-refractivity contribution in [2.75, 3.05) is 6.61 Å². The van der Waals surface area contributed by atoms with E-state index in [2.05, 4.69) is 5.32 Å². The van der Waals surface area contributed by atoms with Crippen LogP contribution in [0.25, 0.3) is 0 Å². The van der Waals surface area contributed by atoms with E-state index in [1.54, 1.807) is 24.3 Å². The average molecular weight is 246 g/mol. The Morgan fingerprint density at radius 2 is 2.11 bits per heavy atom. The highest BCUT2D eigenvalue weighted by Gasteiger charge is 2.27. The van der Waals surface area contributed by atoms with Gasteiger partial charge in [-0.25, -0.2) is 0 Å². The highest BCUT2D eigenvalue weighted by Crippen LogP contribution is 2.15. The minimum absolute atomic E-state index is 0.0936. The van der Waals surface area contributed by atoms with Crippen LogP contribution in [-0.4, -0.2) is 23.2 Å². The van der Waals surface area contributed by atoms with Crippen molar-refractivity contribution in [2.45, 2.75) is 32.2 Å². The van der Waals surface area contributed by atoms with Gasteiger partial charge in [-0.2, -0.15) is 5.26 Å². The molecule has 1 aromatic rings. The molecule has 4 nitrogen and oxygen atoms in total. The van der Waals surface area contributed by atoms with E-state index in [1.165, 1.54) is 0 Å². The molecule has 1 rings (SSSR count). The van der Waals surface area contributed by atoms with Crippen LogP contribution < -0.4 is 5.32 Å². The van der Waals surface area contributed by atoms with Crippen LogP contribution in [0, 0.1) is 11.3 Å². The van der Waals surface area contributed by atoms with Crippen molar-refractivity contribution in [2.24, 2.45) is 0 Å². The van der Waals surface area contributed by atoms with Gasteiger partial charge in [0.15, 0.2) is 0 Å². The molecular formula is C14H18N2O2. The highest BCUT2D eigenvalue weighted by molar-refractivity contribution is 5.95. The van der Waals surface area contributed by atoms with Gasteiger partial charge in [0.2, 0.25) is 0 Å². The predicted molar refractivity (Wildman–Crippen MR) is 69.0 cm³/mol. The maximum Gasteiger partial charge on any atom is 0.251 e. The van der Waals surface area contributed by atoms with Crippen molar-refractivity contribution in [3.05, 3.63) is 35.4 Å². The van der Waals surface area contributed by atoms with Gasteiger partial charge in [-0.1, -0.05) is 19.9 Å². The van der Waals surface area contributed by atoms with E-state index in [1.807, 2.05) is 19.9 Å². The number of amides is 1. The molecule has 0 bridgehead atoms. The molecule has 0 saturated carbocycles. The summed E-state index contributed by atoms with van der Waals surface area (Å²) in [5, 5.41) is 21.0. The summed E-state index contributed by atoms with van der Waals surface area (Å²) in [6, 6.07) is 8.52. The molecule has 0 atom stereocenters. The molecule has 1 amide bonds. The van der Waals surface area contributed by atoms with Gasteiger partial charge in [0.25, 0.3) is 5.91 Å². The number of nitrogens with zero attached hydrogens (tertiary/aromatic N) is 1. The molecule has 0 aliphatic heterocycles. The van der Waals surface area contributed by atoms with Gasteiger partial charge in [0.05, 0.1) is 23.8 Å². The van der Waals surface area contributed by atoms with Crippen LogP contribution in [0.3, 0.4) is 0 Å². The standard InChI is InChI=1S/C14H18N2O2/c1-3-14(4-2,10-17)16-13(18)12-7-5-6-11(8-12)9-15/h5-8,17H,3-4,10H2,1-2H3,(H,16,18). The Bertz CT molecular complexity index is 451. The Hall–Kier alpha value is -1.86. The molecule has 0 heterocycles. The summed E-state index contributed by atoms with van der Waals surface area (Å²) in [6.45, 7) is 3.75. The normalized spacial score (nSPS) is 10.8. The molecule has 0 fully saturated rings. The van der Waals surface area contributed by atoms with Crippen LogP contribution in [0.15, 0.2) is 24.3 Å². The fourth-order valence-corrected chi connectivity index (χ4v) is 1.73. The largest absolute Gasteiger partial charge is 0.394 e. The van der Waals surface area contributed by atoms with Gasteiger partial charge in [-0.15, -0.1) is 0 Å². The maximum absolute atomic E-state index is 12.1. The third kappa shape index (κ3) is 3.08. The summed E-state index contributed by atoms with van der Waals surface area (Å²) >= 11 is 0. The lowest BCUT2D eigenvalue weighted by atomic mass is 9.93. The van der Waals surface area contributed by atoms with E-state index in [0.29, 0.717) is 24.0 Å². The van der Waals surface area contributed by atoms with Gasteiger partial charge in [-0.3, -0.25) is 4.79 Å². The molecule has 1 aromatic carbocycles. The van der Waals surface area contributed by atoms with Crippen LogP contribution in [0.5, 0.6) is 0 Å². The quantitative estimate of drug-likeness (QED) is 0.832. The van der Waals surface area contributed by atoms with Gasteiger partial charge >= 0.3 is 0 Å². The number of benzene rings is 1. The minimum atomic E-state index is -0.584. The average Bonchev–Trinajstić information content (AvgIpc) is 2.44. The Kier molecular flexibility index (Phi) is 4.87. The lowest BCUT2D eigenvalue weighted by Crippen LogP contribution is -2.50.